The van der Waals surface area contributed by atoms with E-state index in [0.29, 0.717) is 24.3 Å². The molecule has 7 heteroatoms. The molecule has 0 aliphatic heterocycles. The summed E-state index contributed by atoms with van der Waals surface area (Å²) in [5.41, 5.74) is 6.80. The molecule has 0 saturated heterocycles. The van der Waals surface area contributed by atoms with Crippen molar-refractivity contribution in [2.75, 3.05) is 25.4 Å². The SMILES string of the molecule is CCN(CC)C(=O)CCNS(=O)(=O)Cc1ccc(N)cc1. The lowest BCUT2D eigenvalue weighted by molar-refractivity contribution is -0.130. The summed E-state index contributed by atoms with van der Waals surface area (Å²) < 4.78 is 26.3. The lowest BCUT2D eigenvalue weighted by Crippen LogP contribution is -2.34. The van der Waals surface area contributed by atoms with Gasteiger partial charge in [0.2, 0.25) is 15.9 Å². The van der Waals surface area contributed by atoms with Crippen LogP contribution in [-0.4, -0.2) is 38.9 Å². The fourth-order valence-electron chi connectivity index (χ4n) is 1.93. The van der Waals surface area contributed by atoms with E-state index in [0.717, 1.165) is 0 Å². The second-order valence-corrected chi connectivity index (χ2v) is 6.52. The predicted octanol–water partition coefficient (Wildman–Crippen LogP) is 0.947. The number of nitrogen functional groups attached to an aromatic ring is 1. The summed E-state index contributed by atoms with van der Waals surface area (Å²) in [6, 6.07) is 6.68. The smallest absolute Gasteiger partial charge is 0.223 e. The molecule has 0 unspecified atom stereocenters. The zero-order valence-corrected chi connectivity index (χ0v) is 13.3. The number of carbonyl (C=O) groups is 1. The molecule has 0 aromatic heterocycles. The molecule has 3 N–H and O–H groups in total. The van der Waals surface area contributed by atoms with Gasteiger partial charge in [0.25, 0.3) is 0 Å². The van der Waals surface area contributed by atoms with E-state index in [9.17, 15) is 13.2 Å². The molecule has 1 rings (SSSR count). The van der Waals surface area contributed by atoms with Crippen LogP contribution in [0.1, 0.15) is 25.8 Å². The molecule has 1 aromatic rings. The fraction of sp³-hybridized carbons (Fsp3) is 0.500. The maximum Gasteiger partial charge on any atom is 0.223 e. The van der Waals surface area contributed by atoms with Crippen molar-refractivity contribution in [1.29, 1.82) is 0 Å². The van der Waals surface area contributed by atoms with E-state index in [1.807, 2.05) is 13.8 Å². The Morgan fingerprint density at radius 2 is 1.76 bits per heavy atom. The molecule has 0 heterocycles. The van der Waals surface area contributed by atoms with E-state index >= 15 is 0 Å². The van der Waals surface area contributed by atoms with Gasteiger partial charge in [-0.15, -0.1) is 0 Å². The highest BCUT2D eigenvalue weighted by molar-refractivity contribution is 7.88. The summed E-state index contributed by atoms with van der Waals surface area (Å²) in [7, 11) is -3.44. The maximum atomic E-state index is 11.9. The highest BCUT2D eigenvalue weighted by Gasteiger charge is 2.14. The van der Waals surface area contributed by atoms with Gasteiger partial charge in [0.1, 0.15) is 0 Å². The molecular formula is C14H23N3O3S. The van der Waals surface area contributed by atoms with E-state index in [1.165, 1.54) is 0 Å². The van der Waals surface area contributed by atoms with Crippen LogP contribution < -0.4 is 10.5 Å². The third-order valence-corrected chi connectivity index (χ3v) is 4.47. The predicted molar refractivity (Wildman–Crippen MR) is 84.0 cm³/mol. The Morgan fingerprint density at radius 3 is 2.29 bits per heavy atom. The number of nitrogens with zero attached hydrogens (tertiary/aromatic N) is 1. The average molecular weight is 313 g/mol. The lowest BCUT2D eigenvalue weighted by Gasteiger charge is -2.18. The van der Waals surface area contributed by atoms with Crippen LogP contribution in [0.5, 0.6) is 0 Å². The Labute approximate surface area is 126 Å². The third-order valence-electron chi connectivity index (χ3n) is 3.11. The highest BCUT2D eigenvalue weighted by atomic mass is 32.2. The van der Waals surface area contributed by atoms with Gasteiger partial charge in [-0.3, -0.25) is 4.79 Å². The minimum atomic E-state index is -3.44. The number of hydrogen-bond donors (Lipinski definition) is 2. The Morgan fingerprint density at radius 1 is 1.19 bits per heavy atom. The first-order chi connectivity index (χ1) is 9.88. The normalized spacial score (nSPS) is 11.3. The second kappa shape index (κ2) is 7.99. The summed E-state index contributed by atoms with van der Waals surface area (Å²) in [5, 5.41) is 0. The van der Waals surface area contributed by atoms with Gasteiger partial charge in [-0.1, -0.05) is 12.1 Å². The molecule has 0 saturated carbocycles. The quantitative estimate of drug-likeness (QED) is 0.699. The molecule has 118 valence electrons. The first-order valence-electron chi connectivity index (χ1n) is 6.97. The number of hydrogen-bond acceptors (Lipinski definition) is 4. The molecule has 1 aromatic carbocycles. The maximum absolute atomic E-state index is 11.9. The van der Waals surface area contributed by atoms with Gasteiger partial charge in [0.05, 0.1) is 5.75 Å². The number of sulfonamides is 1. The van der Waals surface area contributed by atoms with Gasteiger partial charge in [-0.2, -0.15) is 0 Å². The van der Waals surface area contributed by atoms with Crippen molar-refractivity contribution in [2.24, 2.45) is 0 Å². The van der Waals surface area contributed by atoms with Crippen molar-refractivity contribution in [2.45, 2.75) is 26.0 Å². The zero-order chi connectivity index (χ0) is 15.9. The Balaban J connectivity index is 2.46. The van der Waals surface area contributed by atoms with Crippen molar-refractivity contribution in [3.8, 4) is 0 Å². The molecule has 0 fully saturated rings. The number of carbonyl (C=O) groups excluding carboxylic acids is 1. The second-order valence-electron chi connectivity index (χ2n) is 4.71. The van der Waals surface area contributed by atoms with Crippen LogP contribution in [-0.2, 0) is 20.6 Å². The molecule has 0 atom stereocenters. The largest absolute Gasteiger partial charge is 0.399 e. The van der Waals surface area contributed by atoms with Crippen molar-refractivity contribution < 1.29 is 13.2 Å². The molecule has 0 bridgehead atoms. The summed E-state index contributed by atoms with van der Waals surface area (Å²) >= 11 is 0. The molecular weight excluding hydrogens is 290 g/mol. The number of anilines is 1. The van der Waals surface area contributed by atoms with Gasteiger partial charge in [-0.25, -0.2) is 13.1 Å². The zero-order valence-electron chi connectivity index (χ0n) is 12.5. The van der Waals surface area contributed by atoms with Gasteiger partial charge in [0.15, 0.2) is 0 Å². The lowest BCUT2D eigenvalue weighted by atomic mass is 10.2. The van der Waals surface area contributed by atoms with Crippen LogP contribution in [0.15, 0.2) is 24.3 Å². The van der Waals surface area contributed by atoms with E-state index in [-0.39, 0.29) is 24.6 Å². The van der Waals surface area contributed by atoms with E-state index in [2.05, 4.69) is 4.72 Å². The molecule has 6 nitrogen and oxygen atoms in total. The van der Waals surface area contributed by atoms with Crippen LogP contribution in [0.4, 0.5) is 5.69 Å². The fourth-order valence-corrected chi connectivity index (χ4v) is 3.08. The van der Waals surface area contributed by atoms with Crippen LogP contribution in [0.25, 0.3) is 0 Å². The molecule has 1 amide bonds. The van der Waals surface area contributed by atoms with Crippen molar-refractivity contribution >= 4 is 21.6 Å². The van der Waals surface area contributed by atoms with Gasteiger partial charge in [0, 0.05) is 31.7 Å². The van der Waals surface area contributed by atoms with E-state index < -0.39 is 10.0 Å². The number of amides is 1. The van der Waals surface area contributed by atoms with Crippen LogP contribution in [0, 0.1) is 0 Å². The van der Waals surface area contributed by atoms with Crippen molar-refractivity contribution in [3.05, 3.63) is 29.8 Å². The summed E-state index contributed by atoms with van der Waals surface area (Å²) in [4.78, 5) is 13.4. The molecule has 0 aliphatic rings. The summed E-state index contributed by atoms with van der Waals surface area (Å²) in [5.74, 6) is -0.164. The molecule has 0 aliphatic carbocycles. The average Bonchev–Trinajstić information content (AvgIpc) is 2.42. The molecule has 0 spiro atoms. The molecule has 0 radical (unpaired) electrons. The topological polar surface area (TPSA) is 92.5 Å². The monoisotopic (exact) mass is 313 g/mol. The summed E-state index contributed by atoms with van der Waals surface area (Å²) in [6.45, 7) is 5.17. The number of nitrogens with one attached hydrogen (secondary N) is 1. The Kier molecular flexibility index (Phi) is 6.64. The minimum Gasteiger partial charge on any atom is -0.399 e. The standard InChI is InChI=1S/C14H23N3O3S/c1-3-17(4-2)14(18)9-10-16-21(19,20)11-12-5-7-13(15)8-6-12/h5-8,16H,3-4,9-11,15H2,1-2H3. The van der Waals surface area contributed by atoms with Crippen LogP contribution in [0.3, 0.4) is 0 Å². The first kappa shape index (κ1) is 17.5. The first-order valence-corrected chi connectivity index (χ1v) is 8.62. The summed E-state index contributed by atoms with van der Waals surface area (Å²) in [6.07, 6.45) is 0.169. The third kappa shape index (κ3) is 6.14. The van der Waals surface area contributed by atoms with Gasteiger partial charge < -0.3 is 10.6 Å². The van der Waals surface area contributed by atoms with Crippen molar-refractivity contribution in [3.63, 3.8) is 0 Å². The van der Waals surface area contributed by atoms with Crippen LogP contribution in [0.2, 0.25) is 0 Å². The van der Waals surface area contributed by atoms with Crippen molar-refractivity contribution in [1.82, 2.24) is 9.62 Å². The minimum absolute atomic E-state index is 0.0461. The van der Waals surface area contributed by atoms with E-state index in [1.54, 1.807) is 29.2 Å². The number of benzene rings is 1. The Hall–Kier alpha value is -1.60. The number of rotatable bonds is 8. The molecule has 21 heavy (non-hydrogen) atoms. The van der Waals surface area contributed by atoms with Gasteiger partial charge >= 0.3 is 0 Å². The number of nitrogens with two attached hydrogens (primary N) is 1. The van der Waals surface area contributed by atoms with Crippen LogP contribution >= 0.6 is 0 Å². The van der Waals surface area contributed by atoms with E-state index in [4.69, 9.17) is 5.73 Å². The highest BCUT2D eigenvalue weighted by Crippen LogP contribution is 2.08. The van der Waals surface area contributed by atoms with Gasteiger partial charge in [-0.05, 0) is 31.5 Å². The Bertz CT molecular complexity index is 551.